The monoisotopic (exact) mass is 689 g/mol. The molecule has 0 spiro atoms. The molecule has 0 aliphatic carbocycles. The first-order valence-electron chi connectivity index (χ1n) is 17.2. The maximum absolute atomic E-state index is 13.9. The number of nitrogens with one attached hydrogen (secondary N) is 1. The van der Waals surface area contributed by atoms with Crippen LogP contribution in [0.1, 0.15) is 73.8 Å². The first-order chi connectivity index (χ1) is 23.6. The van der Waals surface area contributed by atoms with Crippen LogP contribution in [0.3, 0.4) is 0 Å². The van der Waals surface area contributed by atoms with Crippen LogP contribution in [0.15, 0.2) is 48.5 Å². The summed E-state index contributed by atoms with van der Waals surface area (Å²) in [5, 5.41) is 11.7. The minimum atomic E-state index is -0.714. The molecule has 0 saturated carbocycles. The number of ether oxygens (including phenoxy) is 3. The van der Waals surface area contributed by atoms with E-state index in [2.05, 4.69) is 15.6 Å². The second-order valence-electron chi connectivity index (χ2n) is 14.5. The number of ketones is 1. The predicted molar refractivity (Wildman–Crippen MR) is 190 cm³/mol. The number of esters is 1. The van der Waals surface area contributed by atoms with Gasteiger partial charge in [-0.1, -0.05) is 75.4 Å². The molecular formula is C38H51N5O7. The van der Waals surface area contributed by atoms with Crippen molar-refractivity contribution in [3.05, 3.63) is 54.1 Å². The molecule has 2 aromatic carbocycles. The van der Waals surface area contributed by atoms with Crippen molar-refractivity contribution in [1.29, 1.82) is 0 Å². The molecule has 0 unspecified atom stereocenters. The Morgan fingerprint density at radius 2 is 1.58 bits per heavy atom. The Balaban J connectivity index is 1.47. The number of amides is 2. The van der Waals surface area contributed by atoms with E-state index in [-0.39, 0.29) is 75.3 Å². The summed E-state index contributed by atoms with van der Waals surface area (Å²) in [6.07, 6.45) is -0.00234. The van der Waals surface area contributed by atoms with Crippen LogP contribution in [0.5, 0.6) is 0 Å². The number of benzene rings is 2. The van der Waals surface area contributed by atoms with E-state index < -0.39 is 17.0 Å². The zero-order chi connectivity index (χ0) is 36.6. The average molecular weight is 690 g/mol. The van der Waals surface area contributed by atoms with Crippen molar-refractivity contribution in [2.24, 2.45) is 11.3 Å². The average Bonchev–Trinajstić information content (AvgIpc) is 3.47. The van der Waals surface area contributed by atoms with Crippen LogP contribution in [-0.2, 0) is 46.5 Å². The van der Waals surface area contributed by atoms with E-state index in [4.69, 9.17) is 14.2 Å². The quantitative estimate of drug-likeness (QED) is 0.155. The van der Waals surface area contributed by atoms with Crippen molar-refractivity contribution >= 4 is 29.3 Å². The molecule has 270 valence electrons. The fourth-order valence-corrected chi connectivity index (χ4v) is 5.79. The van der Waals surface area contributed by atoms with Crippen molar-refractivity contribution in [1.82, 2.24) is 20.3 Å². The minimum Gasteiger partial charge on any atom is -0.462 e. The van der Waals surface area contributed by atoms with Gasteiger partial charge < -0.3 is 24.4 Å². The highest BCUT2D eigenvalue weighted by atomic mass is 16.6. The molecule has 3 aromatic rings. The van der Waals surface area contributed by atoms with Crippen molar-refractivity contribution in [3.8, 4) is 22.5 Å². The normalized spacial score (nSPS) is 12.9. The molecule has 1 aliphatic rings. The summed E-state index contributed by atoms with van der Waals surface area (Å²) in [7, 11) is 0. The van der Waals surface area contributed by atoms with Gasteiger partial charge >= 0.3 is 5.97 Å². The summed E-state index contributed by atoms with van der Waals surface area (Å²) < 4.78 is 18.5. The van der Waals surface area contributed by atoms with E-state index in [0.29, 0.717) is 29.2 Å². The third-order valence-electron chi connectivity index (χ3n) is 8.46. The van der Waals surface area contributed by atoms with Gasteiger partial charge in [0.05, 0.1) is 42.8 Å². The third kappa shape index (κ3) is 9.85. The molecule has 0 saturated heterocycles. The number of hydrogen-bond donors (Lipinski definition) is 1. The van der Waals surface area contributed by atoms with Gasteiger partial charge in [0.25, 0.3) is 0 Å². The molecule has 1 aromatic heterocycles. The number of carbonyl (C=O) groups excluding carboxylic acids is 4. The lowest BCUT2D eigenvalue weighted by molar-refractivity contribution is -0.146. The molecule has 1 aliphatic heterocycles. The molecule has 2 amide bonds. The van der Waals surface area contributed by atoms with Gasteiger partial charge in [-0.3, -0.25) is 19.2 Å². The lowest BCUT2D eigenvalue weighted by Crippen LogP contribution is -2.44. The highest BCUT2D eigenvalue weighted by molar-refractivity contribution is 6.01. The van der Waals surface area contributed by atoms with Crippen LogP contribution in [0, 0.1) is 11.3 Å². The maximum atomic E-state index is 13.9. The maximum Gasteiger partial charge on any atom is 0.327 e. The molecule has 0 atom stereocenters. The number of hydrogen-bond acceptors (Lipinski definition) is 9. The number of carbonyl (C=O) groups is 4. The Labute approximate surface area is 294 Å². The van der Waals surface area contributed by atoms with Gasteiger partial charge in [0, 0.05) is 41.8 Å². The zero-order valence-electron chi connectivity index (χ0n) is 30.6. The Kier molecular flexibility index (Phi) is 12.7. The Morgan fingerprint density at radius 1 is 0.900 bits per heavy atom. The van der Waals surface area contributed by atoms with Gasteiger partial charge in [-0.15, -0.1) is 5.10 Å². The molecule has 12 nitrogen and oxygen atoms in total. The fraction of sp³-hybridized carbons (Fsp3) is 0.526. The van der Waals surface area contributed by atoms with Crippen molar-refractivity contribution in [2.45, 2.75) is 93.0 Å². The van der Waals surface area contributed by atoms with Crippen LogP contribution < -0.4 is 10.2 Å². The zero-order valence-corrected chi connectivity index (χ0v) is 30.6. The Bertz CT molecular complexity index is 1680. The van der Waals surface area contributed by atoms with Crippen LogP contribution in [0.2, 0.25) is 0 Å². The van der Waals surface area contributed by atoms with E-state index in [0.717, 1.165) is 11.1 Å². The Morgan fingerprint density at radius 3 is 2.28 bits per heavy atom. The highest BCUT2D eigenvalue weighted by Gasteiger charge is 2.33. The van der Waals surface area contributed by atoms with Gasteiger partial charge in [-0.2, -0.15) is 0 Å². The molecule has 0 fully saturated rings. The SMILES string of the molecule is CC(C)OCCOC(=O)Cn1nnc2c1-c1ccccc1CN(C(=O)CCC(=O)NCC(C)(C)OCC(C)(C)C(=O)C(C)C)c1ccccc1-2. The molecular weight excluding hydrogens is 638 g/mol. The summed E-state index contributed by atoms with van der Waals surface area (Å²) in [4.78, 5) is 53.8. The summed E-state index contributed by atoms with van der Waals surface area (Å²) >= 11 is 0. The highest BCUT2D eigenvalue weighted by Crippen LogP contribution is 2.41. The summed E-state index contributed by atoms with van der Waals surface area (Å²) in [6.45, 7) is 16.0. The molecule has 1 N–H and O–H groups in total. The van der Waals surface area contributed by atoms with Gasteiger partial charge in [-0.05, 0) is 39.3 Å². The number of para-hydroxylation sites is 1. The minimum absolute atomic E-state index is 0.0156. The first-order valence-corrected chi connectivity index (χ1v) is 17.2. The second kappa shape index (κ2) is 16.5. The third-order valence-corrected chi connectivity index (χ3v) is 8.46. The van der Waals surface area contributed by atoms with E-state index >= 15 is 0 Å². The number of aromatic nitrogens is 3. The summed E-state index contributed by atoms with van der Waals surface area (Å²) in [5.74, 6) is -0.951. The fourth-order valence-electron chi connectivity index (χ4n) is 5.79. The first kappa shape index (κ1) is 38.4. The number of nitrogens with zero attached hydrogens (tertiary/aromatic N) is 4. The summed E-state index contributed by atoms with van der Waals surface area (Å²) in [5.41, 5.74) is 2.74. The van der Waals surface area contributed by atoms with Crippen LogP contribution in [0.4, 0.5) is 5.69 Å². The number of Topliss-reactive ketones (excluding diaryl/α,β-unsaturated/α-hetero) is 1. The van der Waals surface area contributed by atoms with Crippen molar-refractivity contribution in [3.63, 3.8) is 0 Å². The largest absolute Gasteiger partial charge is 0.462 e. The molecule has 12 heteroatoms. The molecule has 0 radical (unpaired) electrons. The van der Waals surface area contributed by atoms with Gasteiger partial charge in [0.1, 0.15) is 24.6 Å². The molecule has 0 bridgehead atoms. The van der Waals surface area contributed by atoms with Crippen LogP contribution in [0.25, 0.3) is 22.5 Å². The Hall–Kier alpha value is -4.42. The number of anilines is 1. The predicted octanol–water partition coefficient (Wildman–Crippen LogP) is 5.37. The second-order valence-corrected chi connectivity index (χ2v) is 14.5. The number of rotatable bonds is 16. The van der Waals surface area contributed by atoms with Gasteiger partial charge in [-0.25, -0.2) is 4.68 Å². The standard InChI is InChI=1S/C38H51N5O7/c1-25(2)36(47)37(5,6)24-50-38(7,8)23-39-31(44)17-18-32(45)42-21-27-13-9-10-14-28(27)35-34(29-15-11-12-16-30(29)42)40-41-43(35)22-33(46)49-20-19-48-26(3)4/h9-16,25-26H,17-24H2,1-8H3,(H,39,44). The van der Waals surface area contributed by atoms with Crippen molar-refractivity contribution < 1.29 is 33.4 Å². The van der Waals surface area contributed by atoms with E-state index in [1.54, 1.807) is 4.90 Å². The van der Waals surface area contributed by atoms with E-state index in [1.807, 2.05) is 104 Å². The van der Waals surface area contributed by atoms with E-state index in [9.17, 15) is 19.2 Å². The van der Waals surface area contributed by atoms with E-state index in [1.165, 1.54) is 4.68 Å². The van der Waals surface area contributed by atoms with Crippen molar-refractivity contribution in [2.75, 3.05) is 31.3 Å². The van der Waals surface area contributed by atoms with Gasteiger partial charge in [0.2, 0.25) is 11.8 Å². The lowest BCUT2D eigenvalue weighted by atomic mass is 9.83. The topological polar surface area (TPSA) is 142 Å². The van der Waals surface area contributed by atoms with Crippen LogP contribution in [-0.4, -0.2) is 76.6 Å². The smallest absolute Gasteiger partial charge is 0.327 e. The summed E-state index contributed by atoms with van der Waals surface area (Å²) in [6, 6.07) is 15.0. The molecule has 50 heavy (non-hydrogen) atoms. The molecule has 4 rings (SSSR count). The lowest BCUT2D eigenvalue weighted by Gasteiger charge is -2.32. The van der Waals surface area contributed by atoms with Crippen LogP contribution >= 0.6 is 0 Å². The molecule has 2 heterocycles. The number of fused-ring (bicyclic) bond motifs is 5. The van der Waals surface area contributed by atoms with Gasteiger partial charge in [0.15, 0.2) is 0 Å².